The smallest absolute Gasteiger partial charge is 0.424 e. The van der Waals surface area contributed by atoms with Gasteiger partial charge in [-0.1, -0.05) is 73.1 Å². The standard InChI is InChI=1S/C38H65N7O9S/c1-36(2,3)26(21-43(9)55(52,53)44(10)35(51)54-37(4,5)6)41-34(50)42-28(23-17-12-11-13-18-23)33(49)45-20-24-27(38(24,7)8)29(45)32(48)40-25(30(46)31(39)47)19-22-15-14-16-22/h22-29H,11-21H2,1-10H3,(H2,39,47)(H,40,48)(H2,41,42,50)/t24-,25?,26+,27-,28-,29-/m0/s1. The van der Waals surface area contributed by atoms with Gasteiger partial charge in [-0.05, 0) is 74.5 Å². The number of fused-ring (bicyclic) bond motifs is 1. The molecule has 55 heavy (non-hydrogen) atoms. The van der Waals surface area contributed by atoms with Crippen LogP contribution in [-0.2, 0) is 34.1 Å². The quantitative estimate of drug-likeness (QED) is 0.190. The Hall–Kier alpha value is -3.47. The van der Waals surface area contributed by atoms with Crippen molar-refractivity contribution in [3.63, 3.8) is 0 Å². The van der Waals surface area contributed by atoms with Gasteiger partial charge in [-0.3, -0.25) is 19.2 Å². The average molecular weight is 796 g/mol. The van der Waals surface area contributed by atoms with Gasteiger partial charge in [-0.15, -0.1) is 0 Å². The summed E-state index contributed by atoms with van der Waals surface area (Å²) in [7, 11) is -1.93. The molecule has 5 N–H and O–H groups in total. The van der Waals surface area contributed by atoms with Gasteiger partial charge in [0, 0.05) is 33.2 Å². The summed E-state index contributed by atoms with van der Waals surface area (Å²) in [5.74, 6) is -3.03. The summed E-state index contributed by atoms with van der Waals surface area (Å²) in [4.78, 5) is 81.7. The molecule has 0 radical (unpaired) electrons. The van der Waals surface area contributed by atoms with Crippen molar-refractivity contribution in [2.75, 3.05) is 27.2 Å². The Balaban J connectivity index is 1.54. The number of urea groups is 1. The maximum absolute atomic E-state index is 14.7. The number of nitrogens with two attached hydrogens (primary N) is 1. The van der Waals surface area contributed by atoms with E-state index in [1.54, 1.807) is 25.7 Å². The monoisotopic (exact) mass is 795 g/mol. The van der Waals surface area contributed by atoms with Gasteiger partial charge in [0.2, 0.25) is 17.6 Å². The highest BCUT2D eigenvalue weighted by Gasteiger charge is 2.70. The first-order chi connectivity index (χ1) is 25.3. The average Bonchev–Trinajstić information content (AvgIpc) is 3.36. The van der Waals surface area contributed by atoms with Crippen molar-refractivity contribution in [1.29, 1.82) is 0 Å². The summed E-state index contributed by atoms with van der Waals surface area (Å²) in [5.41, 5.74) is 3.56. The van der Waals surface area contributed by atoms with Crippen LogP contribution in [0.25, 0.3) is 0 Å². The van der Waals surface area contributed by atoms with Gasteiger partial charge in [-0.2, -0.15) is 17.0 Å². The molecule has 1 unspecified atom stereocenters. The summed E-state index contributed by atoms with van der Waals surface area (Å²) in [6.45, 7) is 14.6. The van der Waals surface area contributed by atoms with Crippen molar-refractivity contribution >= 4 is 45.8 Å². The summed E-state index contributed by atoms with van der Waals surface area (Å²) < 4.78 is 33.5. The molecule has 1 saturated heterocycles. The second-order valence-corrected chi connectivity index (χ2v) is 20.9. The number of carbonyl (C=O) groups excluding carboxylic acids is 6. The number of piperidine rings is 1. The van der Waals surface area contributed by atoms with Crippen molar-refractivity contribution < 1.29 is 41.9 Å². The minimum atomic E-state index is -4.34. The highest BCUT2D eigenvalue weighted by atomic mass is 32.2. The Morgan fingerprint density at radius 3 is 2.00 bits per heavy atom. The topological polar surface area (TPSA) is 218 Å². The highest BCUT2D eigenvalue weighted by Crippen LogP contribution is 2.65. The Labute approximate surface area is 326 Å². The number of carbonyl (C=O) groups is 6. The molecule has 16 nitrogen and oxygen atoms in total. The maximum Gasteiger partial charge on any atom is 0.424 e. The third-order valence-corrected chi connectivity index (χ3v) is 14.1. The molecule has 6 atom stereocenters. The molecule has 3 aliphatic carbocycles. The van der Waals surface area contributed by atoms with E-state index in [2.05, 4.69) is 16.0 Å². The molecule has 1 heterocycles. The lowest BCUT2D eigenvalue weighted by atomic mass is 9.80. The van der Waals surface area contributed by atoms with E-state index in [9.17, 15) is 37.2 Å². The van der Waals surface area contributed by atoms with E-state index < -0.39 is 81.0 Å². The van der Waals surface area contributed by atoms with Crippen LogP contribution in [0.4, 0.5) is 9.59 Å². The van der Waals surface area contributed by atoms with Crippen LogP contribution >= 0.6 is 0 Å². The number of nitrogens with one attached hydrogen (secondary N) is 3. The summed E-state index contributed by atoms with van der Waals surface area (Å²) in [6.07, 6.45) is 6.19. The number of Topliss-reactive ketones (excluding diaryl/α,β-unsaturated/α-hetero) is 1. The number of ether oxygens (including phenoxy) is 1. The zero-order valence-corrected chi connectivity index (χ0v) is 35.2. The molecule has 0 aromatic carbocycles. The van der Waals surface area contributed by atoms with E-state index in [0.717, 1.165) is 49.9 Å². The minimum Gasteiger partial charge on any atom is -0.443 e. The molecule has 17 heteroatoms. The zero-order chi connectivity index (χ0) is 41.4. The normalized spacial score (nSPS) is 24.4. The predicted molar refractivity (Wildman–Crippen MR) is 205 cm³/mol. The SMILES string of the molecule is CN(C[C@@H](NC(=O)N[C@H](C(=O)N1C[C@H]2[C@@H]([C@H]1C(=O)NC(CC1CCC1)C(=O)C(N)=O)C2(C)C)C1CCCCC1)C(C)(C)C)S(=O)(=O)N(C)C(=O)OC(C)(C)C. The van der Waals surface area contributed by atoms with Gasteiger partial charge in [-0.25, -0.2) is 9.59 Å². The fourth-order valence-electron chi connectivity index (χ4n) is 8.42. The first-order valence-corrected chi connectivity index (χ1v) is 21.1. The first kappa shape index (κ1) is 44.2. The van der Waals surface area contributed by atoms with Crippen LogP contribution in [0.1, 0.15) is 113 Å². The lowest BCUT2D eigenvalue weighted by Crippen LogP contribution is -2.62. The van der Waals surface area contributed by atoms with Crippen LogP contribution in [-0.4, -0.2) is 115 Å². The Bertz CT molecular complexity index is 1600. The van der Waals surface area contributed by atoms with Crippen LogP contribution in [0.2, 0.25) is 0 Å². The summed E-state index contributed by atoms with van der Waals surface area (Å²) in [6, 6.07) is -4.40. The molecule has 0 aromatic heterocycles. The number of hydrogen-bond acceptors (Lipinski definition) is 9. The highest BCUT2D eigenvalue weighted by molar-refractivity contribution is 7.87. The van der Waals surface area contributed by atoms with Crippen molar-refractivity contribution in [3.05, 3.63) is 0 Å². The van der Waals surface area contributed by atoms with Crippen LogP contribution in [0.5, 0.6) is 0 Å². The lowest BCUT2D eigenvalue weighted by Gasteiger charge is -2.38. The predicted octanol–water partition coefficient (Wildman–Crippen LogP) is 2.91. The van der Waals surface area contributed by atoms with E-state index in [-0.39, 0.29) is 35.6 Å². The van der Waals surface area contributed by atoms with E-state index in [4.69, 9.17) is 10.5 Å². The third-order valence-electron chi connectivity index (χ3n) is 12.3. The van der Waals surface area contributed by atoms with Gasteiger partial charge in [0.1, 0.15) is 17.7 Å². The Morgan fingerprint density at radius 1 is 0.891 bits per heavy atom. The molecule has 4 aliphatic rings. The van der Waals surface area contributed by atoms with Crippen LogP contribution in [0.15, 0.2) is 0 Å². The molecule has 0 aromatic rings. The molecule has 3 saturated carbocycles. The van der Waals surface area contributed by atoms with Crippen LogP contribution in [0.3, 0.4) is 0 Å². The van der Waals surface area contributed by atoms with Crippen molar-refractivity contribution in [3.8, 4) is 0 Å². The summed E-state index contributed by atoms with van der Waals surface area (Å²) in [5, 5.41) is 8.64. The molecule has 1 aliphatic heterocycles. The molecule has 312 valence electrons. The minimum absolute atomic E-state index is 0.0338. The maximum atomic E-state index is 14.7. The number of amides is 6. The van der Waals surface area contributed by atoms with Crippen LogP contribution in [0, 0.1) is 34.5 Å². The van der Waals surface area contributed by atoms with Gasteiger partial charge < -0.3 is 31.3 Å². The number of ketones is 1. The van der Waals surface area contributed by atoms with Gasteiger partial charge in [0.25, 0.3) is 5.91 Å². The van der Waals surface area contributed by atoms with Crippen molar-refractivity contribution in [2.45, 2.75) is 143 Å². The van der Waals surface area contributed by atoms with E-state index in [1.165, 1.54) is 7.05 Å². The number of nitrogens with zero attached hydrogens (tertiary/aromatic N) is 3. The number of rotatable bonds is 14. The molecule has 6 amide bonds. The number of primary amides is 1. The van der Waals surface area contributed by atoms with Crippen molar-refractivity contribution in [1.82, 2.24) is 29.5 Å². The second kappa shape index (κ2) is 16.6. The van der Waals surface area contributed by atoms with E-state index in [0.29, 0.717) is 30.1 Å². The molecular weight excluding hydrogens is 731 g/mol. The fourth-order valence-corrected chi connectivity index (χ4v) is 9.40. The lowest BCUT2D eigenvalue weighted by molar-refractivity contribution is -0.144. The first-order valence-electron chi connectivity index (χ1n) is 19.7. The van der Waals surface area contributed by atoms with Crippen molar-refractivity contribution in [2.24, 2.45) is 40.2 Å². The third kappa shape index (κ3) is 10.3. The fraction of sp³-hybridized carbons (Fsp3) is 0.842. The van der Waals surface area contributed by atoms with E-state index >= 15 is 0 Å². The Morgan fingerprint density at radius 2 is 1.49 bits per heavy atom. The number of hydrogen-bond donors (Lipinski definition) is 4. The molecule has 0 spiro atoms. The van der Waals surface area contributed by atoms with Gasteiger partial charge in [0.05, 0.1) is 6.04 Å². The molecule has 0 bridgehead atoms. The number of likely N-dealkylation sites (N-methyl/N-ethyl adjacent to an activating group) is 1. The van der Waals surface area contributed by atoms with E-state index in [1.807, 2.05) is 34.6 Å². The number of likely N-dealkylation sites (tertiary alicyclic amines) is 1. The molecule has 4 fully saturated rings. The Kier molecular flexibility index (Phi) is 13.3. The largest absolute Gasteiger partial charge is 0.443 e. The van der Waals surface area contributed by atoms with Gasteiger partial charge in [0.15, 0.2) is 0 Å². The molecule has 4 rings (SSSR count). The summed E-state index contributed by atoms with van der Waals surface area (Å²) >= 11 is 0. The van der Waals surface area contributed by atoms with Crippen LogP contribution < -0.4 is 21.7 Å². The second-order valence-electron chi connectivity index (χ2n) is 18.9. The zero-order valence-electron chi connectivity index (χ0n) is 34.4. The van der Waals surface area contributed by atoms with Gasteiger partial charge >= 0.3 is 22.3 Å². The molecular formula is C38H65N7O9S.